The predicted molar refractivity (Wildman–Crippen MR) is 99.7 cm³/mol. The van der Waals surface area contributed by atoms with Crippen LogP contribution in [0.5, 0.6) is 11.8 Å². The Morgan fingerprint density at radius 1 is 1.15 bits per heavy atom. The number of hydrogen-bond donors (Lipinski definition) is 1. The van der Waals surface area contributed by atoms with Crippen LogP contribution in [0.25, 0.3) is 11.3 Å². The van der Waals surface area contributed by atoms with Crippen LogP contribution in [-0.4, -0.2) is 32.2 Å². The minimum Gasteiger partial charge on any atom is -0.424 e. The Morgan fingerprint density at radius 3 is 2.52 bits per heavy atom. The van der Waals surface area contributed by atoms with E-state index in [2.05, 4.69) is 20.4 Å². The molecule has 3 rings (SSSR count). The number of carbonyl (C=O) groups is 1. The molecule has 0 fully saturated rings. The summed E-state index contributed by atoms with van der Waals surface area (Å²) in [5, 5.41) is 7.43. The van der Waals surface area contributed by atoms with E-state index in [0.29, 0.717) is 28.6 Å². The van der Waals surface area contributed by atoms with Gasteiger partial charge < -0.3 is 10.1 Å². The van der Waals surface area contributed by atoms with E-state index in [4.69, 9.17) is 16.3 Å². The number of nitrogens with zero attached hydrogens (tertiary/aromatic N) is 4. The van der Waals surface area contributed by atoms with Gasteiger partial charge in [-0.1, -0.05) is 11.6 Å². The van der Waals surface area contributed by atoms with Gasteiger partial charge in [-0.15, -0.1) is 0 Å². The lowest BCUT2D eigenvalue weighted by Gasteiger charge is -2.07. The summed E-state index contributed by atoms with van der Waals surface area (Å²) in [5.74, 6) is 0.271. The van der Waals surface area contributed by atoms with Crippen molar-refractivity contribution in [3.63, 3.8) is 0 Å². The molecule has 0 radical (unpaired) electrons. The largest absolute Gasteiger partial charge is 0.424 e. The SMILES string of the molecule is CCNC(=O)Cn1nc(-c2cnc(Oc3ccc(Cl)cc3)nc2)ccc1=O. The number of amides is 1. The number of benzene rings is 1. The monoisotopic (exact) mass is 385 g/mol. The van der Waals surface area contributed by atoms with Gasteiger partial charge in [0.25, 0.3) is 5.56 Å². The quantitative estimate of drug-likeness (QED) is 0.698. The van der Waals surface area contributed by atoms with Crippen LogP contribution >= 0.6 is 11.6 Å². The van der Waals surface area contributed by atoms with E-state index in [1.807, 2.05) is 0 Å². The summed E-state index contributed by atoms with van der Waals surface area (Å²) in [6, 6.07) is 9.88. The van der Waals surface area contributed by atoms with Crippen molar-refractivity contribution in [2.75, 3.05) is 6.54 Å². The Bertz CT molecular complexity index is 987. The molecule has 0 unspecified atom stereocenters. The third-order valence-corrected chi connectivity index (χ3v) is 3.73. The van der Waals surface area contributed by atoms with Gasteiger partial charge >= 0.3 is 6.01 Å². The normalized spacial score (nSPS) is 10.4. The Balaban J connectivity index is 1.77. The predicted octanol–water partition coefficient (Wildman–Crippen LogP) is 2.28. The number of hydrogen-bond acceptors (Lipinski definition) is 6. The number of ether oxygens (including phenoxy) is 1. The molecule has 2 aromatic heterocycles. The molecular weight excluding hydrogens is 370 g/mol. The van der Waals surface area contributed by atoms with Crippen LogP contribution < -0.4 is 15.6 Å². The van der Waals surface area contributed by atoms with E-state index >= 15 is 0 Å². The zero-order chi connectivity index (χ0) is 19.2. The summed E-state index contributed by atoms with van der Waals surface area (Å²) >= 11 is 5.83. The van der Waals surface area contributed by atoms with Crippen LogP contribution in [0.15, 0.2) is 53.6 Å². The van der Waals surface area contributed by atoms with E-state index < -0.39 is 0 Å². The molecule has 0 aliphatic carbocycles. The average Bonchev–Trinajstić information content (AvgIpc) is 2.66. The second-order valence-electron chi connectivity index (χ2n) is 5.48. The first kappa shape index (κ1) is 18.5. The highest BCUT2D eigenvalue weighted by Crippen LogP contribution is 2.21. The molecule has 9 heteroatoms. The van der Waals surface area contributed by atoms with Crippen molar-refractivity contribution in [1.82, 2.24) is 25.1 Å². The molecule has 27 heavy (non-hydrogen) atoms. The van der Waals surface area contributed by atoms with Gasteiger partial charge in [0.05, 0.1) is 5.69 Å². The average molecular weight is 386 g/mol. The highest BCUT2D eigenvalue weighted by Gasteiger charge is 2.09. The summed E-state index contributed by atoms with van der Waals surface area (Å²) in [5.41, 5.74) is 0.689. The molecule has 8 nitrogen and oxygen atoms in total. The Morgan fingerprint density at radius 2 is 1.85 bits per heavy atom. The zero-order valence-corrected chi connectivity index (χ0v) is 15.2. The lowest BCUT2D eigenvalue weighted by Crippen LogP contribution is -2.33. The molecule has 0 bridgehead atoms. The second kappa shape index (κ2) is 8.41. The number of likely N-dealkylation sites (N-methyl/N-ethyl adjacent to an activating group) is 1. The van der Waals surface area contributed by atoms with E-state index in [0.717, 1.165) is 4.68 Å². The van der Waals surface area contributed by atoms with Crippen LogP contribution in [0, 0.1) is 0 Å². The molecular formula is C18H16ClN5O3. The summed E-state index contributed by atoms with van der Waals surface area (Å²) in [7, 11) is 0. The Kier molecular flexibility index (Phi) is 5.77. The maximum atomic E-state index is 11.9. The minimum atomic E-state index is -0.367. The smallest absolute Gasteiger partial charge is 0.321 e. The van der Waals surface area contributed by atoms with Gasteiger partial charge in [-0.05, 0) is 37.3 Å². The lowest BCUT2D eigenvalue weighted by molar-refractivity contribution is -0.121. The number of nitrogens with one attached hydrogen (secondary N) is 1. The summed E-state index contributed by atoms with van der Waals surface area (Å²) in [6.45, 7) is 2.13. The van der Waals surface area contributed by atoms with Gasteiger partial charge in [0.1, 0.15) is 12.3 Å². The van der Waals surface area contributed by atoms with Crippen molar-refractivity contribution in [1.29, 1.82) is 0 Å². The van der Waals surface area contributed by atoms with Crippen molar-refractivity contribution in [3.8, 4) is 23.0 Å². The number of carbonyl (C=O) groups excluding carboxylic acids is 1. The molecule has 0 saturated carbocycles. The standard InChI is InChI=1S/C18H16ClN5O3/c1-2-20-16(25)11-24-17(26)8-7-15(23-24)12-9-21-18(22-10-12)27-14-5-3-13(19)4-6-14/h3-10H,2,11H2,1H3,(H,20,25). The first-order valence-corrected chi connectivity index (χ1v) is 8.53. The molecule has 1 aromatic carbocycles. The fourth-order valence-electron chi connectivity index (χ4n) is 2.21. The molecule has 0 spiro atoms. The summed E-state index contributed by atoms with van der Waals surface area (Å²) in [4.78, 5) is 31.9. The van der Waals surface area contributed by atoms with Crippen LogP contribution in [0.3, 0.4) is 0 Å². The van der Waals surface area contributed by atoms with Gasteiger partial charge in [0.2, 0.25) is 5.91 Å². The molecule has 0 atom stereocenters. The van der Waals surface area contributed by atoms with Crippen molar-refractivity contribution >= 4 is 17.5 Å². The molecule has 2 heterocycles. The topological polar surface area (TPSA) is 99.0 Å². The van der Waals surface area contributed by atoms with Crippen molar-refractivity contribution < 1.29 is 9.53 Å². The van der Waals surface area contributed by atoms with E-state index in [9.17, 15) is 9.59 Å². The van der Waals surface area contributed by atoms with Gasteiger partial charge in [-0.25, -0.2) is 14.6 Å². The second-order valence-corrected chi connectivity index (χ2v) is 5.91. The molecule has 3 aromatic rings. The third kappa shape index (κ3) is 4.89. The van der Waals surface area contributed by atoms with Gasteiger partial charge in [-0.3, -0.25) is 9.59 Å². The van der Waals surface area contributed by atoms with Gasteiger partial charge in [-0.2, -0.15) is 5.10 Å². The van der Waals surface area contributed by atoms with Gasteiger partial charge in [0.15, 0.2) is 0 Å². The molecule has 1 N–H and O–H groups in total. The van der Waals surface area contributed by atoms with E-state index in [1.54, 1.807) is 37.3 Å². The third-order valence-electron chi connectivity index (χ3n) is 3.48. The van der Waals surface area contributed by atoms with Crippen LogP contribution in [0.4, 0.5) is 0 Å². The molecule has 0 aliphatic heterocycles. The lowest BCUT2D eigenvalue weighted by atomic mass is 10.2. The van der Waals surface area contributed by atoms with Crippen LogP contribution in [0.1, 0.15) is 6.92 Å². The maximum Gasteiger partial charge on any atom is 0.321 e. The van der Waals surface area contributed by atoms with Crippen molar-refractivity contribution in [3.05, 3.63) is 64.2 Å². The fourth-order valence-corrected chi connectivity index (χ4v) is 2.34. The molecule has 1 amide bonds. The molecule has 0 aliphatic rings. The van der Waals surface area contributed by atoms with Crippen molar-refractivity contribution in [2.24, 2.45) is 0 Å². The van der Waals surface area contributed by atoms with Crippen LogP contribution in [-0.2, 0) is 11.3 Å². The van der Waals surface area contributed by atoms with E-state index in [1.165, 1.54) is 18.5 Å². The number of halogens is 1. The van der Waals surface area contributed by atoms with E-state index in [-0.39, 0.29) is 24.0 Å². The molecule has 0 saturated heterocycles. The first-order valence-electron chi connectivity index (χ1n) is 8.16. The zero-order valence-electron chi connectivity index (χ0n) is 14.4. The van der Waals surface area contributed by atoms with Crippen molar-refractivity contribution in [2.45, 2.75) is 13.5 Å². The van der Waals surface area contributed by atoms with Crippen LogP contribution in [0.2, 0.25) is 5.02 Å². The van der Waals surface area contributed by atoms with Gasteiger partial charge in [0, 0.05) is 35.6 Å². The highest BCUT2D eigenvalue weighted by molar-refractivity contribution is 6.30. The molecule has 138 valence electrons. The Hall–Kier alpha value is -3.26. The summed E-state index contributed by atoms with van der Waals surface area (Å²) in [6.07, 6.45) is 3.06. The highest BCUT2D eigenvalue weighted by atomic mass is 35.5. The number of aromatic nitrogens is 4. The first-order chi connectivity index (χ1) is 13.0. The fraction of sp³-hybridized carbons (Fsp3) is 0.167. The maximum absolute atomic E-state index is 11.9. The summed E-state index contributed by atoms with van der Waals surface area (Å²) < 4.78 is 6.63. The Labute approximate surface area is 159 Å². The number of rotatable bonds is 6. The minimum absolute atomic E-state index is 0.154.